The average Bonchev–Trinajstić information content (AvgIpc) is 2.42. The predicted molar refractivity (Wildman–Crippen MR) is 70.3 cm³/mol. The minimum absolute atomic E-state index is 0.153. The number of amides is 1. The van der Waals surface area contributed by atoms with Crippen LogP contribution in [0.15, 0.2) is 18.2 Å². The number of hydrogen-bond donors (Lipinski definition) is 1. The van der Waals surface area contributed by atoms with Crippen LogP contribution in [0.3, 0.4) is 0 Å². The number of nitrogens with zero attached hydrogens (tertiary/aromatic N) is 2. The van der Waals surface area contributed by atoms with Crippen LogP contribution < -0.4 is 5.32 Å². The van der Waals surface area contributed by atoms with Gasteiger partial charge >= 0.3 is 6.18 Å². The highest BCUT2D eigenvalue weighted by Crippen LogP contribution is 2.26. The lowest BCUT2D eigenvalue weighted by molar-refractivity contribution is -0.384. The number of halogens is 3. The van der Waals surface area contributed by atoms with E-state index in [1.807, 2.05) is 0 Å². The second-order valence-corrected chi connectivity index (χ2v) is 4.17. The summed E-state index contributed by atoms with van der Waals surface area (Å²) in [7, 11) is 1.46. The number of anilines is 1. The number of benzene rings is 1. The summed E-state index contributed by atoms with van der Waals surface area (Å²) in [6.45, 7) is -0.149. The summed E-state index contributed by atoms with van der Waals surface area (Å²) in [6, 6.07) is 3.50. The molecular weight excluding hydrogens is 291 g/mol. The third kappa shape index (κ3) is 4.33. The Labute approximate surface area is 118 Å². The molecule has 0 spiro atoms. The number of hydrogen-bond acceptors (Lipinski definition) is 4. The van der Waals surface area contributed by atoms with E-state index in [4.69, 9.17) is 0 Å². The molecule has 0 aliphatic heterocycles. The SMILES string of the molecule is CCN(CC(F)(F)F)C(=O)c1ccc(NC)c([N+](=O)[O-])c1. The van der Waals surface area contributed by atoms with Crippen molar-refractivity contribution in [3.05, 3.63) is 33.9 Å². The fraction of sp³-hybridized carbons (Fsp3) is 0.417. The third-order valence-electron chi connectivity index (χ3n) is 2.75. The highest BCUT2D eigenvalue weighted by Gasteiger charge is 2.33. The second kappa shape index (κ2) is 6.42. The van der Waals surface area contributed by atoms with E-state index < -0.39 is 23.6 Å². The van der Waals surface area contributed by atoms with Crippen molar-refractivity contribution in [1.29, 1.82) is 0 Å². The first-order valence-electron chi connectivity index (χ1n) is 6.01. The number of alkyl halides is 3. The van der Waals surface area contributed by atoms with Crippen LogP contribution in [0.1, 0.15) is 17.3 Å². The van der Waals surface area contributed by atoms with Gasteiger partial charge in [-0.25, -0.2) is 0 Å². The van der Waals surface area contributed by atoms with Gasteiger partial charge in [0.05, 0.1) is 4.92 Å². The van der Waals surface area contributed by atoms with E-state index in [-0.39, 0.29) is 23.5 Å². The lowest BCUT2D eigenvalue weighted by atomic mass is 10.1. The van der Waals surface area contributed by atoms with Crippen molar-refractivity contribution in [2.45, 2.75) is 13.1 Å². The van der Waals surface area contributed by atoms with E-state index in [1.165, 1.54) is 26.1 Å². The maximum absolute atomic E-state index is 12.4. The van der Waals surface area contributed by atoms with Gasteiger partial charge in [-0.15, -0.1) is 0 Å². The van der Waals surface area contributed by atoms with Crippen molar-refractivity contribution in [1.82, 2.24) is 4.90 Å². The lowest BCUT2D eigenvalue weighted by Gasteiger charge is -2.22. The molecular formula is C12H14F3N3O3. The summed E-state index contributed by atoms with van der Waals surface area (Å²) in [5.41, 5.74) is -0.353. The number of nitro groups is 1. The van der Waals surface area contributed by atoms with Gasteiger partial charge in [-0.05, 0) is 19.1 Å². The zero-order valence-corrected chi connectivity index (χ0v) is 11.4. The van der Waals surface area contributed by atoms with Crippen LogP contribution in [-0.4, -0.2) is 42.0 Å². The molecule has 0 heterocycles. The molecule has 0 bridgehead atoms. The van der Waals surface area contributed by atoms with Gasteiger partial charge in [-0.1, -0.05) is 0 Å². The molecule has 21 heavy (non-hydrogen) atoms. The highest BCUT2D eigenvalue weighted by molar-refractivity contribution is 5.95. The van der Waals surface area contributed by atoms with Gasteiger partial charge in [-0.2, -0.15) is 13.2 Å². The number of nitrogens with one attached hydrogen (secondary N) is 1. The molecule has 0 saturated heterocycles. The molecule has 0 aliphatic carbocycles. The zero-order chi connectivity index (χ0) is 16.2. The van der Waals surface area contributed by atoms with Gasteiger partial charge in [-0.3, -0.25) is 14.9 Å². The Kier molecular flexibility index (Phi) is 5.12. The van der Waals surface area contributed by atoms with Crippen LogP contribution in [-0.2, 0) is 0 Å². The molecule has 116 valence electrons. The molecule has 1 N–H and O–H groups in total. The topological polar surface area (TPSA) is 75.5 Å². The van der Waals surface area contributed by atoms with Crippen LogP contribution in [0.25, 0.3) is 0 Å². The van der Waals surface area contributed by atoms with Gasteiger partial charge in [0.1, 0.15) is 12.2 Å². The highest BCUT2D eigenvalue weighted by atomic mass is 19.4. The van der Waals surface area contributed by atoms with Crippen molar-refractivity contribution < 1.29 is 22.9 Å². The minimum Gasteiger partial charge on any atom is -0.383 e. The molecule has 0 atom stereocenters. The summed E-state index contributed by atoms with van der Waals surface area (Å²) in [4.78, 5) is 22.8. The molecule has 0 aromatic heterocycles. The molecule has 1 aromatic rings. The lowest BCUT2D eigenvalue weighted by Crippen LogP contribution is -2.38. The number of nitro benzene ring substituents is 1. The van der Waals surface area contributed by atoms with Crippen molar-refractivity contribution in [3.8, 4) is 0 Å². The van der Waals surface area contributed by atoms with Crippen molar-refractivity contribution in [2.75, 3.05) is 25.5 Å². The number of carbonyl (C=O) groups is 1. The number of rotatable bonds is 5. The van der Waals surface area contributed by atoms with Gasteiger partial charge in [0, 0.05) is 25.2 Å². The normalized spacial score (nSPS) is 11.1. The van der Waals surface area contributed by atoms with Gasteiger partial charge < -0.3 is 10.2 Å². The Balaban J connectivity index is 3.11. The second-order valence-electron chi connectivity index (χ2n) is 4.17. The van der Waals surface area contributed by atoms with E-state index in [0.29, 0.717) is 4.90 Å². The number of carbonyl (C=O) groups excluding carboxylic acids is 1. The van der Waals surface area contributed by atoms with Crippen LogP contribution >= 0.6 is 0 Å². The average molecular weight is 305 g/mol. The Morgan fingerprint density at radius 1 is 1.43 bits per heavy atom. The summed E-state index contributed by atoms with van der Waals surface area (Å²) >= 11 is 0. The smallest absolute Gasteiger partial charge is 0.383 e. The predicted octanol–water partition coefficient (Wildman–Crippen LogP) is 2.66. The molecule has 0 unspecified atom stereocenters. The van der Waals surface area contributed by atoms with Gasteiger partial charge in [0.25, 0.3) is 11.6 Å². The molecule has 0 aliphatic rings. The van der Waals surface area contributed by atoms with Crippen molar-refractivity contribution in [2.24, 2.45) is 0 Å². The van der Waals surface area contributed by atoms with E-state index >= 15 is 0 Å². The first-order chi connectivity index (χ1) is 9.69. The largest absolute Gasteiger partial charge is 0.406 e. The standard InChI is InChI=1S/C12H14F3N3O3/c1-3-17(7-12(13,14)15)11(19)8-4-5-9(16-2)10(6-8)18(20)21/h4-6,16H,3,7H2,1-2H3. The van der Waals surface area contributed by atoms with Crippen LogP contribution in [0.5, 0.6) is 0 Å². The molecule has 0 saturated carbocycles. The van der Waals surface area contributed by atoms with Crippen LogP contribution in [0.4, 0.5) is 24.5 Å². The zero-order valence-electron chi connectivity index (χ0n) is 11.4. The third-order valence-corrected chi connectivity index (χ3v) is 2.75. The Morgan fingerprint density at radius 3 is 2.48 bits per heavy atom. The maximum Gasteiger partial charge on any atom is 0.406 e. The molecule has 0 fully saturated rings. The van der Waals surface area contributed by atoms with E-state index in [9.17, 15) is 28.1 Å². The van der Waals surface area contributed by atoms with Crippen molar-refractivity contribution >= 4 is 17.3 Å². The minimum atomic E-state index is -4.53. The molecule has 9 heteroatoms. The van der Waals surface area contributed by atoms with Gasteiger partial charge in [0.15, 0.2) is 0 Å². The van der Waals surface area contributed by atoms with Crippen LogP contribution in [0, 0.1) is 10.1 Å². The Bertz CT molecular complexity index is 546. The van der Waals surface area contributed by atoms with Crippen LogP contribution in [0.2, 0.25) is 0 Å². The molecule has 1 amide bonds. The summed E-state index contributed by atoms with van der Waals surface area (Å²) < 4.78 is 37.1. The molecule has 1 aromatic carbocycles. The monoisotopic (exact) mass is 305 g/mol. The molecule has 0 radical (unpaired) electrons. The van der Waals surface area contributed by atoms with E-state index in [0.717, 1.165) is 6.07 Å². The quantitative estimate of drug-likeness (QED) is 0.670. The summed E-state index contributed by atoms with van der Waals surface area (Å²) in [5, 5.41) is 13.5. The van der Waals surface area contributed by atoms with E-state index in [1.54, 1.807) is 0 Å². The summed E-state index contributed by atoms with van der Waals surface area (Å²) in [5.74, 6) is -0.902. The fourth-order valence-electron chi connectivity index (χ4n) is 1.75. The van der Waals surface area contributed by atoms with E-state index in [2.05, 4.69) is 5.32 Å². The fourth-order valence-corrected chi connectivity index (χ4v) is 1.75. The Hall–Kier alpha value is -2.32. The summed E-state index contributed by atoms with van der Waals surface area (Å²) in [6.07, 6.45) is -4.53. The Morgan fingerprint density at radius 2 is 2.05 bits per heavy atom. The van der Waals surface area contributed by atoms with Gasteiger partial charge in [0.2, 0.25) is 0 Å². The first-order valence-corrected chi connectivity index (χ1v) is 6.01. The molecule has 1 rings (SSSR count). The maximum atomic E-state index is 12.4. The first kappa shape index (κ1) is 16.7. The molecule has 6 nitrogen and oxygen atoms in total. The van der Waals surface area contributed by atoms with Crippen molar-refractivity contribution in [3.63, 3.8) is 0 Å².